The second-order valence-corrected chi connectivity index (χ2v) is 5.98. The third-order valence-electron chi connectivity index (χ3n) is 3.03. The van der Waals surface area contributed by atoms with Gasteiger partial charge in [-0.1, -0.05) is 0 Å². The van der Waals surface area contributed by atoms with E-state index in [4.69, 9.17) is 4.74 Å². The zero-order chi connectivity index (χ0) is 13.9. The van der Waals surface area contributed by atoms with Crippen molar-refractivity contribution >= 4 is 16.0 Å². The Morgan fingerprint density at radius 1 is 1.42 bits per heavy atom. The van der Waals surface area contributed by atoms with E-state index in [1.54, 1.807) is 0 Å². The highest BCUT2D eigenvalue weighted by molar-refractivity contribution is 7.89. The van der Waals surface area contributed by atoms with Gasteiger partial charge >= 0.3 is 5.97 Å². The Hall–Kier alpha value is -1.51. The minimum atomic E-state index is -3.91. The average molecular weight is 286 g/mol. The van der Waals surface area contributed by atoms with Crippen molar-refractivity contribution < 1.29 is 23.1 Å². The van der Waals surface area contributed by atoms with E-state index in [9.17, 15) is 18.3 Å². The molecule has 1 fully saturated rings. The lowest BCUT2D eigenvalue weighted by molar-refractivity contribution is -0.147. The first kappa shape index (κ1) is 13.9. The van der Waals surface area contributed by atoms with E-state index >= 15 is 0 Å². The Labute approximate surface area is 110 Å². The van der Waals surface area contributed by atoms with Gasteiger partial charge in [0.2, 0.25) is 10.0 Å². The molecule has 0 unspecified atom stereocenters. The van der Waals surface area contributed by atoms with Gasteiger partial charge in [0.05, 0.1) is 0 Å². The van der Waals surface area contributed by atoms with Gasteiger partial charge in [0.25, 0.3) is 0 Å². The molecule has 0 amide bonds. The summed E-state index contributed by atoms with van der Waals surface area (Å²) in [5, 5.41) is 9.30. The van der Waals surface area contributed by atoms with Crippen molar-refractivity contribution in [2.75, 3.05) is 13.2 Å². The zero-order valence-electron chi connectivity index (χ0n) is 10.1. The fraction of sp³-hybridized carbons (Fsp3) is 0.455. The van der Waals surface area contributed by atoms with Crippen LogP contribution in [0.25, 0.3) is 0 Å². The number of nitrogens with zero attached hydrogens (tertiary/aromatic N) is 1. The summed E-state index contributed by atoms with van der Waals surface area (Å²) < 4.78 is 31.7. The summed E-state index contributed by atoms with van der Waals surface area (Å²) in [6.07, 6.45) is 2.82. The van der Waals surface area contributed by atoms with Crippen LogP contribution in [-0.4, -0.2) is 43.2 Å². The number of sulfonamides is 1. The maximum Gasteiger partial charge on any atom is 0.325 e. The van der Waals surface area contributed by atoms with E-state index in [0.717, 1.165) is 0 Å². The van der Waals surface area contributed by atoms with Crippen LogP contribution in [0.3, 0.4) is 0 Å². The van der Waals surface area contributed by atoms with Gasteiger partial charge in [-0.05, 0) is 12.1 Å². The molecule has 1 aliphatic rings. The summed E-state index contributed by atoms with van der Waals surface area (Å²) in [7, 11) is -3.91. The smallest absolute Gasteiger partial charge is 0.325 e. The van der Waals surface area contributed by atoms with Gasteiger partial charge in [-0.3, -0.25) is 9.78 Å². The maximum atomic E-state index is 12.2. The van der Waals surface area contributed by atoms with Crippen LogP contribution in [0, 0.1) is 0 Å². The Morgan fingerprint density at radius 3 is 2.63 bits per heavy atom. The summed E-state index contributed by atoms with van der Waals surface area (Å²) in [4.78, 5) is 15.1. The predicted octanol–water partition coefficient (Wildman–Crippen LogP) is -0.00630. The largest absolute Gasteiger partial charge is 0.480 e. The molecule has 2 heterocycles. The van der Waals surface area contributed by atoms with E-state index in [1.165, 1.54) is 24.5 Å². The van der Waals surface area contributed by atoms with E-state index < -0.39 is 21.5 Å². The van der Waals surface area contributed by atoms with E-state index in [-0.39, 0.29) is 31.0 Å². The molecule has 0 spiro atoms. The molecule has 0 radical (unpaired) electrons. The molecule has 8 heteroatoms. The van der Waals surface area contributed by atoms with Crippen molar-refractivity contribution in [1.29, 1.82) is 0 Å². The van der Waals surface area contributed by atoms with Gasteiger partial charge in [-0.25, -0.2) is 8.42 Å². The van der Waals surface area contributed by atoms with E-state index in [2.05, 4.69) is 9.71 Å². The third kappa shape index (κ3) is 2.91. The van der Waals surface area contributed by atoms with Crippen LogP contribution in [0.1, 0.15) is 12.8 Å². The van der Waals surface area contributed by atoms with Crippen LogP contribution in [0.2, 0.25) is 0 Å². The van der Waals surface area contributed by atoms with Gasteiger partial charge in [0, 0.05) is 38.4 Å². The lowest BCUT2D eigenvalue weighted by Crippen LogP contribution is -2.57. The quantitative estimate of drug-likeness (QED) is 0.806. The Kier molecular flexibility index (Phi) is 3.83. The molecule has 1 saturated heterocycles. The molecule has 1 aromatic rings. The van der Waals surface area contributed by atoms with E-state index in [1.807, 2.05) is 0 Å². The minimum Gasteiger partial charge on any atom is -0.480 e. The van der Waals surface area contributed by atoms with Crippen molar-refractivity contribution in [1.82, 2.24) is 9.71 Å². The van der Waals surface area contributed by atoms with Crippen molar-refractivity contribution in [2.24, 2.45) is 0 Å². The molecule has 2 N–H and O–H groups in total. The van der Waals surface area contributed by atoms with Crippen LogP contribution in [0.4, 0.5) is 0 Å². The number of hydrogen-bond acceptors (Lipinski definition) is 5. The summed E-state index contributed by atoms with van der Waals surface area (Å²) >= 11 is 0. The number of carboxylic acid groups (broad SMARTS) is 1. The predicted molar refractivity (Wildman–Crippen MR) is 65.0 cm³/mol. The van der Waals surface area contributed by atoms with E-state index in [0.29, 0.717) is 0 Å². The van der Waals surface area contributed by atoms with Crippen LogP contribution in [-0.2, 0) is 19.6 Å². The lowest BCUT2D eigenvalue weighted by atomic mass is 9.92. The Morgan fingerprint density at radius 2 is 2.11 bits per heavy atom. The molecule has 7 nitrogen and oxygen atoms in total. The summed E-state index contributed by atoms with van der Waals surface area (Å²) in [5.41, 5.74) is -1.51. The van der Waals surface area contributed by atoms with Crippen LogP contribution < -0.4 is 4.72 Å². The van der Waals surface area contributed by atoms with Gasteiger partial charge in [-0.2, -0.15) is 4.72 Å². The summed E-state index contributed by atoms with van der Waals surface area (Å²) in [6.45, 7) is 0.420. The number of nitrogens with one attached hydrogen (secondary N) is 1. The standard InChI is InChI=1S/C11H14N2O5S/c14-10(15)11(3-6-18-7-4-11)13-19(16,17)9-2-1-5-12-8-9/h1-2,5,8,13H,3-4,6-7H2,(H,14,15). The highest BCUT2D eigenvalue weighted by atomic mass is 32.2. The number of hydrogen-bond donors (Lipinski definition) is 2. The monoisotopic (exact) mass is 286 g/mol. The first-order valence-corrected chi connectivity index (χ1v) is 7.20. The topological polar surface area (TPSA) is 106 Å². The van der Waals surface area contributed by atoms with Gasteiger partial charge in [-0.15, -0.1) is 0 Å². The molecule has 19 heavy (non-hydrogen) atoms. The second-order valence-electron chi connectivity index (χ2n) is 4.29. The average Bonchev–Trinajstić information content (AvgIpc) is 2.40. The number of aromatic nitrogens is 1. The molecular weight excluding hydrogens is 272 g/mol. The van der Waals surface area contributed by atoms with Crippen LogP contribution >= 0.6 is 0 Å². The van der Waals surface area contributed by atoms with Gasteiger partial charge in [0.15, 0.2) is 0 Å². The van der Waals surface area contributed by atoms with Crippen molar-refractivity contribution in [3.63, 3.8) is 0 Å². The zero-order valence-corrected chi connectivity index (χ0v) is 10.9. The number of carboxylic acids is 1. The molecular formula is C11H14N2O5S. The first-order valence-electron chi connectivity index (χ1n) is 5.71. The molecule has 2 rings (SSSR count). The molecule has 0 aromatic carbocycles. The molecule has 104 valence electrons. The summed E-state index contributed by atoms with van der Waals surface area (Å²) in [5.74, 6) is -1.19. The van der Waals surface area contributed by atoms with Crippen LogP contribution in [0.5, 0.6) is 0 Å². The minimum absolute atomic E-state index is 0.0536. The third-order valence-corrected chi connectivity index (χ3v) is 4.55. The maximum absolute atomic E-state index is 12.2. The van der Waals surface area contributed by atoms with Gasteiger partial charge in [0.1, 0.15) is 10.4 Å². The molecule has 1 aromatic heterocycles. The SMILES string of the molecule is O=C(O)C1(NS(=O)(=O)c2cccnc2)CCOCC1. The first-order chi connectivity index (χ1) is 8.96. The normalized spacial score (nSPS) is 18.9. The lowest BCUT2D eigenvalue weighted by Gasteiger charge is -2.33. The highest BCUT2D eigenvalue weighted by Crippen LogP contribution is 2.23. The number of rotatable bonds is 4. The summed E-state index contributed by atoms with van der Waals surface area (Å²) in [6, 6.07) is 2.84. The van der Waals surface area contributed by atoms with Crippen molar-refractivity contribution in [2.45, 2.75) is 23.3 Å². The molecule has 0 bridgehead atoms. The molecule has 0 atom stereocenters. The number of pyridine rings is 1. The number of aliphatic carboxylic acids is 1. The molecule has 0 aliphatic carbocycles. The second kappa shape index (κ2) is 5.24. The fourth-order valence-corrected chi connectivity index (χ4v) is 3.28. The number of ether oxygens (including phenoxy) is 1. The van der Waals surface area contributed by atoms with Crippen molar-refractivity contribution in [3.8, 4) is 0 Å². The van der Waals surface area contributed by atoms with Crippen molar-refractivity contribution in [3.05, 3.63) is 24.5 Å². The Balaban J connectivity index is 2.29. The fourth-order valence-electron chi connectivity index (χ4n) is 1.90. The molecule has 0 saturated carbocycles. The number of carbonyl (C=O) groups is 1. The van der Waals surface area contributed by atoms with Crippen LogP contribution in [0.15, 0.2) is 29.4 Å². The Bertz CT molecular complexity index is 552. The highest BCUT2D eigenvalue weighted by Gasteiger charge is 2.43. The molecule has 1 aliphatic heterocycles. The van der Waals surface area contributed by atoms with Gasteiger partial charge < -0.3 is 9.84 Å².